The molecule has 0 aliphatic rings. The Hall–Kier alpha value is -1.96. The molecule has 0 radical (unpaired) electrons. The molecule has 158 valence electrons. The Morgan fingerprint density at radius 3 is 1.26 bits per heavy atom. The third-order valence-corrected chi connectivity index (χ3v) is 17.4. The van der Waals surface area contributed by atoms with E-state index >= 15 is 0 Å². The van der Waals surface area contributed by atoms with Gasteiger partial charge in [0, 0.05) is 0 Å². The van der Waals surface area contributed by atoms with Crippen molar-refractivity contribution in [1.29, 1.82) is 0 Å². The molecule has 0 unspecified atom stereocenters. The van der Waals surface area contributed by atoms with Crippen LogP contribution in [0.2, 0.25) is 0 Å². The first-order valence-corrected chi connectivity index (χ1v) is 14.9. The van der Waals surface area contributed by atoms with Gasteiger partial charge in [-0.25, -0.2) is 0 Å². The van der Waals surface area contributed by atoms with E-state index in [1.165, 1.54) is 38.2 Å². The minimum absolute atomic E-state index is 1.05. The van der Waals surface area contributed by atoms with Crippen LogP contribution in [-0.4, -0.2) is 4.17 Å². The van der Waals surface area contributed by atoms with Crippen molar-refractivity contribution in [2.45, 2.75) is 26.9 Å². The van der Waals surface area contributed by atoms with Gasteiger partial charge in [-0.15, -0.1) is 0 Å². The Balaban J connectivity index is 2.17. The predicted octanol–water partition coefficient (Wildman–Crippen LogP) is 7.03. The van der Waals surface area contributed by atoms with Gasteiger partial charge in [0.25, 0.3) is 0 Å². The first-order chi connectivity index (χ1) is 15.0. The van der Waals surface area contributed by atoms with Crippen molar-refractivity contribution in [3.8, 4) is 0 Å². The standard InChI is InChI=1S/C29H30IP/c1-23-19-24(2)29(25(3)20-23)21-31(22-30,26-13-7-4-8-14-26,27-15-9-5-10-16-27)28-17-11-6-12-18-28/h4-20H,21-22H2,1-3H3. The van der Waals surface area contributed by atoms with Crippen LogP contribution < -0.4 is 15.9 Å². The molecule has 0 heterocycles. The molecule has 4 rings (SSSR count). The number of benzene rings is 4. The number of hydrogen-bond donors (Lipinski definition) is 0. The van der Waals surface area contributed by atoms with E-state index < -0.39 is 6.60 Å². The van der Waals surface area contributed by atoms with Gasteiger partial charge in [0.2, 0.25) is 0 Å². The number of hydrogen-bond acceptors (Lipinski definition) is 0. The second kappa shape index (κ2) is 8.88. The van der Waals surface area contributed by atoms with E-state index in [4.69, 9.17) is 0 Å². The number of aryl methyl sites for hydroxylation is 3. The van der Waals surface area contributed by atoms with E-state index in [0.29, 0.717) is 0 Å². The molecular weight excluding hydrogens is 506 g/mol. The molecule has 0 saturated carbocycles. The molecule has 4 aromatic carbocycles. The molecule has 0 spiro atoms. The van der Waals surface area contributed by atoms with Crippen LogP contribution in [0.4, 0.5) is 0 Å². The van der Waals surface area contributed by atoms with Crippen molar-refractivity contribution in [2.75, 3.05) is 4.17 Å². The normalized spacial score (nSPS) is 12.8. The summed E-state index contributed by atoms with van der Waals surface area (Å²) in [7, 11) is 0. The quantitative estimate of drug-likeness (QED) is 0.141. The minimum atomic E-state index is -2.80. The second-order valence-corrected chi connectivity index (χ2v) is 15.8. The van der Waals surface area contributed by atoms with E-state index in [1.54, 1.807) is 0 Å². The maximum absolute atomic E-state index is 2.80. The zero-order valence-corrected chi connectivity index (χ0v) is 21.6. The van der Waals surface area contributed by atoms with E-state index in [2.05, 4.69) is 146 Å². The van der Waals surface area contributed by atoms with Gasteiger partial charge >= 0.3 is 202 Å². The van der Waals surface area contributed by atoms with E-state index in [9.17, 15) is 0 Å². The molecule has 0 atom stereocenters. The average molecular weight is 536 g/mol. The summed E-state index contributed by atoms with van der Waals surface area (Å²) in [6.07, 6.45) is 1.05. The van der Waals surface area contributed by atoms with E-state index in [-0.39, 0.29) is 0 Å². The van der Waals surface area contributed by atoms with Crippen LogP contribution in [0.5, 0.6) is 0 Å². The molecule has 0 N–H and O–H groups in total. The van der Waals surface area contributed by atoms with E-state index in [1.807, 2.05) is 0 Å². The van der Waals surface area contributed by atoms with Crippen LogP contribution >= 0.6 is 29.2 Å². The second-order valence-electron chi connectivity index (χ2n) is 8.67. The van der Waals surface area contributed by atoms with Crippen molar-refractivity contribution in [3.63, 3.8) is 0 Å². The first kappa shape index (κ1) is 22.2. The summed E-state index contributed by atoms with van der Waals surface area (Å²) in [5.74, 6) is 0. The van der Waals surface area contributed by atoms with Crippen molar-refractivity contribution in [2.24, 2.45) is 0 Å². The summed E-state index contributed by atoms with van der Waals surface area (Å²) in [6.45, 7) is 3.97. The number of alkyl halides is 1. The van der Waals surface area contributed by atoms with Crippen molar-refractivity contribution in [1.82, 2.24) is 0 Å². The Bertz CT molecular complexity index is 1040. The van der Waals surface area contributed by atoms with Crippen LogP contribution in [-0.2, 0) is 6.16 Å². The zero-order chi connectivity index (χ0) is 21.9. The molecular formula is C29H30IP. The van der Waals surface area contributed by atoms with Gasteiger partial charge < -0.3 is 0 Å². The molecule has 2 heteroatoms. The molecule has 0 amide bonds. The first-order valence-electron chi connectivity index (χ1n) is 10.8. The van der Waals surface area contributed by atoms with Gasteiger partial charge in [-0.2, -0.15) is 0 Å². The van der Waals surface area contributed by atoms with E-state index in [0.717, 1.165) is 10.3 Å². The SMILES string of the molecule is Cc1cc(C)c(CP(CI)(c2ccccc2)(c2ccccc2)c2ccccc2)c(C)c1. The molecule has 0 aromatic heterocycles. The molecule has 0 nitrogen and oxygen atoms in total. The Morgan fingerprint density at radius 1 is 0.581 bits per heavy atom. The fourth-order valence-electron chi connectivity index (χ4n) is 5.14. The molecule has 0 saturated heterocycles. The van der Waals surface area contributed by atoms with Gasteiger partial charge in [0.15, 0.2) is 0 Å². The number of halogens is 1. The molecule has 0 aliphatic carbocycles. The summed E-state index contributed by atoms with van der Waals surface area (Å²) < 4.78 is 1.06. The van der Waals surface area contributed by atoms with Gasteiger partial charge in [-0.1, -0.05) is 0 Å². The van der Waals surface area contributed by atoms with Crippen LogP contribution in [0, 0.1) is 20.8 Å². The van der Waals surface area contributed by atoms with Crippen molar-refractivity contribution < 1.29 is 0 Å². The fraction of sp³-hybridized carbons (Fsp3) is 0.172. The molecule has 0 aliphatic heterocycles. The van der Waals surface area contributed by atoms with Gasteiger partial charge in [0.05, 0.1) is 0 Å². The molecule has 0 fully saturated rings. The molecule has 0 bridgehead atoms. The summed E-state index contributed by atoms with van der Waals surface area (Å²) in [5.41, 5.74) is 5.64. The van der Waals surface area contributed by atoms with Crippen LogP contribution in [0.1, 0.15) is 22.3 Å². The van der Waals surface area contributed by atoms with Crippen LogP contribution in [0.15, 0.2) is 103 Å². The number of rotatable bonds is 6. The third-order valence-electron chi connectivity index (χ3n) is 6.75. The average Bonchev–Trinajstić information content (AvgIpc) is 2.81. The van der Waals surface area contributed by atoms with Gasteiger partial charge in [-0.05, 0) is 0 Å². The van der Waals surface area contributed by atoms with Crippen LogP contribution in [0.3, 0.4) is 0 Å². The fourth-order valence-corrected chi connectivity index (χ4v) is 15.2. The monoisotopic (exact) mass is 536 g/mol. The predicted molar refractivity (Wildman–Crippen MR) is 148 cm³/mol. The van der Waals surface area contributed by atoms with Gasteiger partial charge in [0.1, 0.15) is 0 Å². The summed E-state index contributed by atoms with van der Waals surface area (Å²) in [6, 6.07) is 38.6. The Morgan fingerprint density at radius 2 is 0.935 bits per heavy atom. The third kappa shape index (κ3) is 3.66. The summed E-state index contributed by atoms with van der Waals surface area (Å²) in [4.78, 5) is 0. The maximum atomic E-state index is 2.68. The zero-order valence-electron chi connectivity index (χ0n) is 18.6. The molecule has 4 aromatic rings. The van der Waals surface area contributed by atoms with Gasteiger partial charge in [-0.3, -0.25) is 0 Å². The van der Waals surface area contributed by atoms with Crippen molar-refractivity contribution in [3.05, 3.63) is 125 Å². The molecule has 31 heavy (non-hydrogen) atoms. The van der Waals surface area contributed by atoms with Crippen LogP contribution in [0.25, 0.3) is 0 Å². The summed E-state index contributed by atoms with van der Waals surface area (Å²) in [5, 5.41) is 4.42. The van der Waals surface area contributed by atoms with Crippen molar-refractivity contribution >= 4 is 45.1 Å². The summed E-state index contributed by atoms with van der Waals surface area (Å²) >= 11 is 2.68. The Labute approximate surface area is 200 Å². The Kier molecular flexibility index (Phi) is 6.37. The topological polar surface area (TPSA) is 0 Å².